The smallest absolute Gasteiger partial charge is 0.278 e. The number of allylic oxidation sites excluding steroid dienone is 1. The van der Waals surface area contributed by atoms with E-state index in [-0.39, 0.29) is 23.8 Å². The Bertz CT molecular complexity index is 1170. The van der Waals surface area contributed by atoms with Crippen LogP contribution in [-0.4, -0.2) is 61.5 Å². The molecule has 0 saturated carbocycles. The highest BCUT2D eigenvalue weighted by Gasteiger charge is 2.34. The average molecular weight is 496 g/mol. The Morgan fingerprint density at radius 3 is 3.00 bits per heavy atom. The molecule has 0 bridgehead atoms. The molecule has 1 aromatic carbocycles. The van der Waals surface area contributed by atoms with Gasteiger partial charge in [-0.05, 0) is 73.8 Å². The molecule has 1 N–H and O–H groups in total. The van der Waals surface area contributed by atoms with Crippen molar-refractivity contribution in [2.45, 2.75) is 44.7 Å². The second kappa shape index (κ2) is 11.7. The fraction of sp³-hybridized carbons (Fsp3) is 0.462. The maximum absolute atomic E-state index is 12.4. The summed E-state index contributed by atoms with van der Waals surface area (Å²) >= 11 is 4.18. The van der Waals surface area contributed by atoms with Crippen molar-refractivity contribution in [3.8, 4) is 5.75 Å². The highest BCUT2D eigenvalue weighted by molar-refractivity contribution is 7.96. The predicted octanol–water partition coefficient (Wildman–Crippen LogP) is 3.94. The Kier molecular flexibility index (Phi) is 8.41. The van der Waals surface area contributed by atoms with Gasteiger partial charge < -0.3 is 14.7 Å². The van der Waals surface area contributed by atoms with Crippen LogP contribution >= 0.6 is 12.6 Å². The van der Waals surface area contributed by atoms with Crippen molar-refractivity contribution in [2.75, 3.05) is 20.3 Å². The second-order valence-electron chi connectivity index (χ2n) is 9.13. The fourth-order valence-electron chi connectivity index (χ4n) is 5.09. The molecule has 3 atom stereocenters. The van der Waals surface area contributed by atoms with E-state index < -0.39 is 0 Å². The predicted molar refractivity (Wildman–Crippen MR) is 139 cm³/mol. The van der Waals surface area contributed by atoms with E-state index in [0.717, 1.165) is 40.8 Å². The van der Waals surface area contributed by atoms with Crippen LogP contribution in [0.15, 0.2) is 49.3 Å². The quantitative estimate of drug-likeness (QED) is 0.327. The number of hydrogen-bond donors (Lipinski definition) is 2. The number of nitrogens with zero attached hydrogens (tertiary/aromatic N) is 5. The molecule has 0 aliphatic carbocycles. The molecule has 186 valence electrons. The molecule has 1 amide bonds. The number of amides is 1. The van der Waals surface area contributed by atoms with Gasteiger partial charge in [0.2, 0.25) is 0 Å². The first kappa shape index (κ1) is 25.2. The molecule has 8 nitrogen and oxygen atoms in total. The molecule has 0 spiro atoms. The van der Waals surface area contributed by atoms with Crippen LogP contribution in [-0.2, 0) is 19.4 Å². The Hall–Kier alpha value is -2.91. The number of aliphatic hydroxyl groups is 1. The Morgan fingerprint density at radius 1 is 1.40 bits per heavy atom. The van der Waals surface area contributed by atoms with Gasteiger partial charge in [-0.25, -0.2) is 0 Å². The van der Waals surface area contributed by atoms with Crippen LogP contribution < -0.4 is 4.74 Å². The zero-order valence-electron chi connectivity index (χ0n) is 20.1. The first-order valence-corrected chi connectivity index (χ1v) is 12.5. The van der Waals surface area contributed by atoms with Gasteiger partial charge in [0, 0.05) is 43.5 Å². The van der Waals surface area contributed by atoms with E-state index in [2.05, 4.69) is 34.5 Å². The van der Waals surface area contributed by atoms with E-state index in [1.165, 1.54) is 0 Å². The third-order valence-corrected chi connectivity index (χ3v) is 7.24. The molecule has 3 aromatic rings. The Labute approximate surface area is 211 Å². The number of piperidine rings is 1. The summed E-state index contributed by atoms with van der Waals surface area (Å²) in [6.07, 6.45) is 9.62. The van der Waals surface area contributed by atoms with E-state index in [4.69, 9.17) is 9.84 Å². The van der Waals surface area contributed by atoms with Gasteiger partial charge in [-0.15, -0.1) is 11.7 Å². The SMILES string of the molecule is C=CC(Cn1cc(CCCO)nn1)C1CCN(C(=O)S)C(Cc2ccnc3ccc(OC)cc23)C1. The van der Waals surface area contributed by atoms with Gasteiger partial charge in [0.25, 0.3) is 5.24 Å². The molecular weight excluding hydrogens is 462 g/mol. The largest absolute Gasteiger partial charge is 0.497 e. The van der Waals surface area contributed by atoms with Crippen LogP contribution in [0.3, 0.4) is 0 Å². The lowest BCUT2D eigenvalue weighted by molar-refractivity contribution is 0.123. The normalized spacial score (nSPS) is 19.0. The topological polar surface area (TPSA) is 93.4 Å². The minimum Gasteiger partial charge on any atom is -0.497 e. The van der Waals surface area contributed by atoms with Gasteiger partial charge in [0.05, 0.1) is 18.3 Å². The number of aryl methyl sites for hydroxylation is 1. The number of aromatic nitrogens is 4. The van der Waals surface area contributed by atoms with Crippen LogP contribution in [0.4, 0.5) is 4.79 Å². The molecule has 2 aromatic heterocycles. The molecular formula is C26H33N5O3S. The number of benzene rings is 1. The molecule has 35 heavy (non-hydrogen) atoms. The number of methoxy groups -OCH3 is 1. The summed E-state index contributed by atoms with van der Waals surface area (Å²) in [5.74, 6) is 1.35. The number of carbonyl (C=O) groups is 1. The Morgan fingerprint density at radius 2 is 2.26 bits per heavy atom. The van der Waals surface area contributed by atoms with Crippen molar-refractivity contribution in [1.82, 2.24) is 24.9 Å². The highest BCUT2D eigenvalue weighted by Crippen LogP contribution is 2.34. The summed E-state index contributed by atoms with van der Waals surface area (Å²) in [6.45, 7) is 5.60. The van der Waals surface area contributed by atoms with Crippen LogP contribution in [0.2, 0.25) is 0 Å². The number of pyridine rings is 1. The molecule has 9 heteroatoms. The van der Waals surface area contributed by atoms with Crippen molar-refractivity contribution in [3.63, 3.8) is 0 Å². The molecule has 4 rings (SSSR count). The lowest BCUT2D eigenvalue weighted by Gasteiger charge is -2.41. The summed E-state index contributed by atoms with van der Waals surface area (Å²) in [6, 6.07) is 7.93. The summed E-state index contributed by atoms with van der Waals surface area (Å²) in [4.78, 5) is 18.8. The van der Waals surface area contributed by atoms with Crippen molar-refractivity contribution in [1.29, 1.82) is 0 Å². The summed E-state index contributed by atoms with van der Waals surface area (Å²) < 4.78 is 7.30. The molecule has 3 unspecified atom stereocenters. The van der Waals surface area contributed by atoms with E-state index in [0.29, 0.717) is 38.3 Å². The number of carbonyl (C=O) groups excluding carboxylic acids is 1. The number of thiol groups is 1. The third kappa shape index (κ3) is 6.02. The molecule has 1 aliphatic heterocycles. The van der Waals surface area contributed by atoms with Gasteiger partial charge in [-0.1, -0.05) is 23.9 Å². The number of hydrogen-bond acceptors (Lipinski definition) is 6. The Balaban J connectivity index is 1.52. The van der Waals surface area contributed by atoms with Crippen LogP contribution in [0.25, 0.3) is 10.9 Å². The van der Waals surface area contributed by atoms with Crippen LogP contribution in [0.1, 0.15) is 30.5 Å². The summed E-state index contributed by atoms with van der Waals surface area (Å²) in [5.41, 5.74) is 2.93. The molecule has 1 saturated heterocycles. The van der Waals surface area contributed by atoms with Crippen molar-refractivity contribution in [2.24, 2.45) is 11.8 Å². The standard InChI is InChI=1S/C26H33N5O3S/c1-3-18(16-30-17-21(28-29-30)5-4-12-32)19-9-11-31(26(33)35)22(13-19)14-20-8-10-27-25-7-6-23(34-2)15-24(20)25/h3,6-8,10,15,17-19,22,32H,1,4-5,9,11-14,16H2,2H3,(H,33,35). The van der Waals surface area contributed by atoms with Crippen LogP contribution in [0.5, 0.6) is 5.75 Å². The van der Waals surface area contributed by atoms with E-state index in [9.17, 15) is 4.79 Å². The van der Waals surface area contributed by atoms with Crippen LogP contribution in [0, 0.1) is 11.8 Å². The monoisotopic (exact) mass is 495 g/mol. The first-order valence-electron chi connectivity index (χ1n) is 12.1. The third-order valence-electron chi connectivity index (χ3n) is 6.98. The van der Waals surface area contributed by atoms with Crippen molar-refractivity contribution in [3.05, 3.63) is 60.6 Å². The summed E-state index contributed by atoms with van der Waals surface area (Å²) in [5, 5.41) is 18.4. The fourth-order valence-corrected chi connectivity index (χ4v) is 5.36. The van der Waals surface area contributed by atoms with Crippen molar-refractivity contribution >= 4 is 28.8 Å². The number of likely N-dealkylation sites (tertiary alicyclic amines) is 1. The first-order chi connectivity index (χ1) is 17.0. The van der Waals surface area contributed by atoms with Crippen molar-refractivity contribution < 1.29 is 14.6 Å². The average Bonchev–Trinajstić information content (AvgIpc) is 3.33. The number of ether oxygens (including phenoxy) is 1. The minimum absolute atomic E-state index is 0.0221. The minimum atomic E-state index is -0.190. The maximum atomic E-state index is 12.4. The van der Waals surface area contributed by atoms with Gasteiger partial charge in [0.15, 0.2) is 0 Å². The van der Waals surface area contributed by atoms with Gasteiger partial charge in [0.1, 0.15) is 5.75 Å². The van der Waals surface area contributed by atoms with E-state index >= 15 is 0 Å². The van der Waals surface area contributed by atoms with Gasteiger partial charge in [-0.2, -0.15) is 0 Å². The van der Waals surface area contributed by atoms with Gasteiger partial charge >= 0.3 is 0 Å². The zero-order chi connectivity index (χ0) is 24.8. The lowest BCUT2D eigenvalue weighted by atomic mass is 9.79. The molecule has 1 aliphatic rings. The van der Waals surface area contributed by atoms with Gasteiger partial charge in [-0.3, -0.25) is 14.5 Å². The molecule has 1 fully saturated rings. The van der Waals surface area contributed by atoms with E-state index in [1.54, 1.807) is 7.11 Å². The summed E-state index contributed by atoms with van der Waals surface area (Å²) in [7, 11) is 1.66. The molecule has 3 heterocycles. The lowest BCUT2D eigenvalue weighted by Crippen LogP contribution is -2.46. The maximum Gasteiger partial charge on any atom is 0.278 e. The molecule has 0 radical (unpaired) electrons. The zero-order valence-corrected chi connectivity index (χ0v) is 21.0. The highest BCUT2D eigenvalue weighted by atomic mass is 32.1. The second-order valence-corrected chi connectivity index (χ2v) is 9.51. The number of aliphatic hydroxyl groups excluding tert-OH is 1. The number of fused-ring (bicyclic) bond motifs is 1. The van der Waals surface area contributed by atoms with E-state index in [1.807, 2.05) is 52.3 Å². The number of rotatable bonds is 10.